The number of rotatable bonds is 1. The van der Waals surface area contributed by atoms with E-state index in [1.54, 1.807) is 6.26 Å². The van der Waals surface area contributed by atoms with Crippen LogP contribution in [0.3, 0.4) is 0 Å². The summed E-state index contributed by atoms with van der Waals surface area (Å²) >= 11 is 3.63. The Balaban J connectivity index is 2.42. The summed E-state index contributed by atoms with van der Waals surface area (Å²) in [4.78, 5) is 0. The Morgan fingerprint density at radius 2 is 2.40 bits per heavy atom. The van der Waals surface area contributed by atoms with Gasteiger partial charge in [-0.3, -0.25) is 0 Å². The fourth-order valence-corrected chi connectivity index (χ4v) is 1.68. The van der Waals surface area contributed by atoms with E-state index in [1.165, 1.54) is 18.4 Å². The molecule has 0 saturated heterocycles. The van der Waals surface area contributed by atoms with Crippen LogP contribution in [0.5, 0.6) is 0 Å². The lowest BCUT2D eigenvalue weighted by Gasteiger charge is -2.00. The molecule has 3 heteroatoms. The molecule has 0 N–H and O–H groups in total. The molecule has 0 radical (unpaired) electrons. The summed E-state index contributed by atoms with van der Waals surface area (Å²) in [6.45, 7) is 1.97. The average Bonchev–Trinajstić information content (AvgIpc) is 2.44. The van der Waals surface area contributed by atoms with E-state index in [-0.39, 0.29) is 4.32 Å². The zero-order valence-electron chi connectivity index (χ0n) is 5.72. The van der Waals surface area contributed by atoms with Crippen LogP contribution in [0.15, 0.2) is 10.8 Å². The van der Waals surface area contributed by atoms with Crippen LogP contribution in [0.2, 0.25) is 0 Å². The lowest BCUT2D eigenvalue weighted by Crippen LogP contribution is -1.94. The summed E-state index contributed by atoms with van der Waals surface area (Å²) in [5, 5.41) is 3.82. The minimum Gasteiger partial charge on any atom is -0.364 e. The Labute approximate surface area is 67.7 Å². The van der Waals surface area contributed by atoms with Crippen LogP contribution in [0, 0.1) is 6.92 Å². The molecule has 0 aliphatic heterocycles. The molecule has 1 saturated carbocycles. The van der Waals surface area contributed by atoms with Crippen LogP contribution >= 0.6 is 15.9 Å². The third kappa shape index (κ3) is 0.804. The second-order valence-electron chi connectivity index (χ2n) is 2.78. The fraction of sp³-hybridized carbons (Fsp3) is 0.571. The molecule has 1 aromatic heterocycles. The van der Waals surface area contributed by atoms with Crippen molar-refractivity contribution in [3.8, 4) is 0 Å². The first-order valence-electron chi connectivity index (χ1n) is 3.33. The lowest BCUT2D eigenvalue weighted by atomic mass is 10.2. The molecular formula is C7H8BrNO. The summed E-state index contributed by atoms with van der Waals surface area (Å²) in [6.07, 6.45) is 4.14. The monoisotopic (exact) mass is 201 g/mol. The predicted octanol–water partition coefficient (Wildman–Crippen LogP) is 2.37. The first kappa shape index (κ1) is 6.40. The van der Waals surface area contributed by atoms with Crippen molar-refractivity contribution in [1.82, 2.24) is 5.16 Å². The first-order valence-corrected chi connectivity index (χ1v) is 4.12. The highest BCUT2D eigenvalue weighted by atomic mass is 79.9. The second kappa shape index (κ2) is 1.84. The molecule has 10 heavy (non-hydrogen) atoms. The van der Waals surface area contributed by atoms with Gasteiger partial charge in [-0.2, -0.15) is 0 Å². The van der Waals surface area contributed by atoms with Gasteiger partial charge in [0.15, 0.2) is 0 Å². The van der Waals surface area contributed by atoms with Gasteiger partial charge in [0.2, 0.25) is 0 Å². The molecule has 2 nitrogen and oxygen atoms in total. The minimum absolute atomic E-state index is 0.219. The molecule has 0 bridgehead atoms. The van der Waals surface area contributed by atoms with Crippen molar-refractivity contribution in [2.45, 2.75) is 24.1 Å². The van der Waals surface area contributed by atoms with E-state index in [4.69, 9.17) is 4.52 Å². The van der Waals surface area contributed by atoms with E-state index in [0.29, 0.717) is 0 Å². The summed E-state index contributed by atoms with van der Waals surface area (Å²) < 4.78 is 5.05. The Bertz CT molecular complexity index is 252. The van der Waals surface area contributed by atoms with Gasteiger partial charge in [0.1, 0.15) is 6.26 Å². The van der Waals surface area contributed by atoms with E-state index < -0.39 is 0 Å². The van der Waals surface area contributed by atoms with Gasteiger partial charge in [0.05, 0.1) is 10.0 Å². The van der Waals surface area contributed by atoms with Crippen LogP contribution in [-0.2, 0) is 4.32 Å². The SMILES string of the molecule is Cc1nocc1C1(Br)CC1. The molecule has 2 rings (SSSR count). The number of aryl methyl sites for hydroxylation is 1. The highest BCUT2D eigenvalue weighted by Gasteiger charge is 2.44. The molecule has 1 heterocycles. The van der Waals surface area contributed by atoms with Gasteiger partial charge >= 0.3 is 0 Å². The van der Waals surface area contributed by atoms with E-state index >= 15 is 0 Å². The summed E-state index contributed by atoms with van der Waals surface area (Å²) in [5.41, 5.74) is 2.22. The van der Waals surface area contributed by atoms with E-state index in [1.807, 2.05) is 6.92 Å². The number of aromatic nitrogens is 1. The third-order valence-electron chi connectivity index (χ3n) is 1.92. The average molecular weight is 202 g/mol. The van der Waals surface area contributed by atoms with Gasteiger partial charge in [-0.25, -0.2) is 0 Å². The maximum Gasteiger partial charge on any atom is 0.128 e. The highest BCUT2D eigenvalue weighted by Crippen LogP contribution is 2.54. The number of hydrogen-bond donors (Lipinski definition) is 0. The van der Waals surface area contributed by atoms with Gasteiger partial charge in [-0.15, -0.1) is 0 Å². The van der Waals surface area contributed by atoms with Crippen LogP contribution in [0.4, 0.5) is 0 Å². The maximum absolute atomic E-state index is 4.83. The Morgan fingerprint density at radius 3 is 2.80 bits per heavy atom. The van der Waals surface area contributed by atoms with Crippen molar-refractivity contribution in [2.75, 3.05) is 0 Å². The number of nitrogens with zero attached hydrogens (tertiary/aromatic N) is 1. The van der Waals surface area contributed by atoms with Gasteiger partial charge in [-0.1, -0.05) is 21.1 Å². The highest BCUT2D eigenvalue weighted by molar-refractivity contribution is 9.09. The standard InChI is InChI=1S/C7H8BrNO/c1-5-6(4-10-9-5)7(8)2-3-7/h4H,2-3H2,1H3. The molecule has 1 fully saturated rings. The van der Waals surface area contributed by atoms with Crippen molar-refractivity contribution in [2.24, 2.45) is 0 Å². The minimum atomic E-state index is 0.219. The zero-order chi connectivity index (χ0) is 7.19. The molecule has 0 amide bonds. The normalized spacial score (nSPS) is 21.0. The Kier molecular flexibility index (Phi) is 1.18. The van der Waals surface area contributed by atoms with E-state index in [0.717, 1.165) is 5.69 Å². The van der Waals surface area contributed by atoms with Gasteiger partial charge < -0.3 is 4.52 Å². The smallest absolute Gasteiger partial charge is 0.128 e. The largest absolute Gasteiger partial charge is 0.364 e. The van der Waals surface area contributed by atoms with Gasteiger partial charge in [-0.05, 0) is 19.8 Å². The lowest BCUT2D eigenvalue weighted by molar-refractivity contribution is 0.414. The van der Waals surface area contributed by atoms with Gasteiger partial charge in [0, 0.05) is 5.56 Å². The fourth-order valence-electron chi connectivity index (χ4n) is 1.10. The zero-order valence-corrected chi connectivity index (χ0v) is 7.31. The number of hydrogen-bond acceptors (Lipinski definition) is 2. The van der Waals surface area contributed by atoms with Crippen molar-refractivity contribution < 1.29 is 4.52 Å². The maximum atomic E-state index is 4.83. The first-order chi connectivity index (χ1) is 4.72. The number of alkyl halides is 1. The van der Waals surface area contributed by atoms with Crippen molar-refractivity contribution >= 4 is 15.9 Å². The van der Waals surface area contributed by atoms with Crippen LogP contribution in [0.25, 0.3) is 0 Å². The molecule has 1 aliphatic carbocycles. The third-order valence-corrected chi connectivity index (χ3v) is 3.14. The molecule has 0 aromatic carbocycles. The summed E-state index contributed by atoms with van der Waals surface area (Å²) in [5.74, 6) is 0. The molecule has 54 valence electrons. The quantitative estimate of drug-likeness (QED) is 0.653. The topological polar surface area (TPSA) is 26.0 Å². The molecule has 1 aromatic rings. The Morgan fingerprint density at radius 1 is 1.70 bits per heavy atom. The van der Waals surface area contributed by atoms with E-state index in [9.17, 15) is 0 Å². The predicted molar refractivity (Wildman–Crippen MR) is 41.1 cm³/mol. The summed E-state index contributed by atoms with van der Waals surface area (Å²) in [7, 11) is 0. The van der Waals surface area contributed by atoms with Crippen molar-refractivity contribution in [1.29, 1.82) is 0 Å². The molecule has 0 unspecified atom stereocenters. The second-order valence-corrected chi connectivity index (χ2v) is 4.30. The molecule has 0 spiro atoms. The molecule has 0 atom stereocenters. The molecular weight excluding hydrogens is 194 g/mol. The summed E-state index contributed by atoms with van der Waals surface area (Å²) in [6, 6.07) is 0. The van der Waals surface area contributed by atoms with Crippen molar-refractivity contribution in [3.63, 3.8) is 0 Å². The van der Waals surface area contributed by atoms with Crippen molar-refractivity contribution in [3.05, 3.63) is 17.5 Å². The van der Waals surface area contributed by atoms with Crippen LogP contribution < -0.4 is 0 Å². The van der Waals surface area contributed by atoms with Gasteiger partial charge in [0.25, 0.3) is 0 Å². The Hall–Kier alpha value is -0.310. The number of halogens is 1. The van der Waals surface area contributed by atoms with E-state index in [2.05, 4.69) is 21.1 Å². The van der Waals surface area contributed by atoms with Crippen LogP contribution in [0.1, 0.15) is 24.1 Å². The molecule has 1 aliphatic rings. The van der Waals surface area contributed by atoms with Crippen LogP contribution in [-0.4, -0.2) is 5.16 Å².